The van der Waals surface area contributed by atoms with E-state index in [1.54, 1.807) is 0 Å². The Kier molecular flexibility index (Phi) is 2.66. The number of benzene rings is 2. The first kappa shape index (κ1) is 13.5. The van der Waals surface area contributed by atoms with E-state index in [-0.39, 0.29) is 6.10 Å². The summed E-state index contributed by atoms with van der Waals surface area (Å²) in [5.74, 6) is -0.795. The zero-order valence-electron chi connectivity index (χ0n) is 13.0. The van der Waals surface area contributed by atoms with E-state index < -0.39 is 11.4 Å². The zero-order chi connectivity index (χ0) is 15.5. The minimum absolute atomic E-state index is 0.125. The first-order chi connectivity index (χ1) is 11.2. The third-order valence-electron chi connectivity index (χ3n) is 5.35. The number of fused-ring (bicyclic) bond motifs is 3. The van der Waals surface area contributed by atoms with E-state index in [1.165, 1.54) is 16.7 Å². The van der Waals surface area contributed by atoms with Gasteiger partial charge in [-0.3, -0.25) is 0 Å². The van der Waals surface area contributed by atoms with Crippen molar-refractivity contribution in [3.8, 4) is 0 Å². The van der Waals surface area contributed by atoms with Crippen molar-refractivity contribution in [1.29, 1.82) is 0 Å². The van der Waals surface area contributed by atoms with Gasteiger partial charge >= 0.3 is 0 Å². The van der Waals surface area contributed by atoms with Crippen molar-refractivity contribution >= 4 is 5.57 Å². The molecule has 0 saturated carbocycles. The van der Waals surface area contributed by atoms with Crippen molar-refractivity contribution in [1.82, 2.24) is 0 Å². The highest BCUT2D eigenvalue weighted by atomic mass is 17.3. The summed E-state index contributed by atoms with van der Waals surface area (Å²) in [5, 5.41) is 0. The van der Waals surface area contributed by atoms with Crippen molar-refractivity contribution < 1.29 is 14.5 Å². The van der Waals surface area contributed by atoms with Crippen molar-refractivity contribution in [3.05, 3.63) is 77.4 Å². The summed E-state index contributed by atoms with van der Waals surface area (Å²) >= 11 is 0. The van der Waals surface area contributed by atoms with Crippen LogP contribution in [0.25, 0.3) is 5.57 Å². The third-order valence-corrected chi connectivity index (χ3v) is 5.35. The van der Waals surface area contributed by atoms with E-state index >= 15 is 0 Å². The highest BCUT2D eigenvalue weighted by Gasteiger charge is 2.61. The minimum atomic E-state index is -0.795. The SMILES string of the molecule is CC1=C[C@@H]2O[C@]3(c4ccccc4)CC[C@]2(OO3)c2ccccc21. The number of ether oxygens (including phenoxy) is 1. The monoisotopic (exact) mass is 306 g/mol. The van der Waals surface area contributed by atoms with Crippen LogP contribution in [0, 0.1) is 0 Å². The summed E-state index contributed by atoms with van der Waals surface area (Å²) in [6.45, 7) is 2.13. The van der Waals surface area contributed by atoms with Crippen molar-refractivity contribution in [2.24, 2.45) is 0 Å². The van der Waals surface area contributed by atoms with E-state index in [9.17, 15) is 0 Å². The van der Waals surface area contributed by atoms with E-state index in [4.69, 9.17) is 14.5 Å². The summed E-state index contributed by atoms with van der Waals surface area (Å²) in [7, 11) is 0. The molecule has 3 saturated heterocycles. The largest absolute Gasteiger partial charge is 0.333 e. The molecule has 2 aromatic carbocycles. The first-order valence-electron chi connectivity index (χ1n) is 8.12. The molecule has 0 radical (unpaired) electrons. The molecule has 1 aliphatic carbocycles. The molecule has 1 spiro atoms. The van der Waals surface area contributed by atoms with Gasteiger partial charge in [-0.25, -0.2) is 4.89 Å². The van der Waals surface area contributed by atoms with Gasteiger partial charge in [0.25, 0.3) is 0 Å². The Morgan fingerprint density at radius 1 is 0.913 bits per heavy atom. The van der Waals surface area contributed by atoms with Gasteiger partial charge in [0, 0.05) is 12.0 Å². The fourth-order valence-electron chi connectivity index (χ4n) is 4.11. The van der Waals surface area contributed by atoms with Crippen LogP contribution in [0.15, 0.2) is 60.7 Å². The van der Waals surface area contributed by atoms with Gasteiger partial charge in [0.1, 0.15) is 6.10 Å². The Labute approximate surface area is 135 Å². The van der Waals surface area contributed by atoms with Gasteiger partial charge < -0.3 is 4.74 Å². The fraction of sp³-hybridized carbons (Fsp3) is 0.300. The van der Waals surface area contributed by atoms with Gasteiger partial charge in [0.05, 0.1) is 0 Å². The summed E-state index contributed by atoms with van der Waals surface area (Å²) in [6.07, 6.45) is 3.73. The van der Waals surface area contributed by atoms with Gasteiger partial charge in [-0.2, -0.15) is 4.89 Å². The predicted octanol–water partition coefficient (Wildman–Crippen LogP) is 4.29. The summed E-state index contributed by atoms with van der Waals surface area (Å²) in [4.78, 5) is 11.9. The number of rotatable bonds is 1. The third kappa shape index (κ3) is 1.70. The van der Waals surface area contributed by atoms with Crippen LogP contribution in [0.1, 0.15) is 36.5 Å². The van der Waals surface area contributed by atoms with Gasteiger partial charge in [-0.15, -0.1) is 0 Å². The van der Waals surface area contributed by atoms with Crippen molar-refractivity contribution in [3.63, 3.8) is 0 Å². The predicted molar refractivity (Wildman–Crippen MR) is 86.2 cm³/mol. The van der Waals surface area contributed by atoms with E-state index in [0.29, 0.717) is 0 Å². The molecule has 3 fully saturated rings. The lowest BCUT2D eigenvalue weighted by Crippen LogP contribution is -2.60. The van der Waals surface area contributed by atoms with Crippen LogP contribution < -0.4 is 0 Å². The van der Waals surface area contributed by atoms with Crippen LogP contribution in [-0.4, -0.2) is 6.10 Å². The molecular weight excluding hydrogens is 288 g/mol. The molecule has 0 unspecified atom stereocenters. The first-order valence-corrected chi connectivity index (χ1v) is 8.12. The molecular formula is C20H18O3. The molecule has 23 heavy (non-hydrogen) atoms. The van der Waals surface area contributed by atoms with E-state index in [1.807, 2.05) is 30.3 Å². The molecule has 0 amide bonds. The highest BCUT2D eigenvalue weighted by Crippen LogP contribution is 2.57. The zero-order valence-corrected chi connectivity index (χ0v) is 13.0. The van der Waals surface area contributed by atoms with Crippen LogP contribution in [0.5, 0.6) is 0 Å². The van der Waals surface area contributed by atoms with Gasteiger partial charge in [0.15, 0.2) is 5.60 Å². The van der Waals surface area contributed by atoms with Crippen molar-refractivity contribution in [2.45, 2.75) is 37.3 Å². The Morgan fingerprint density at radius 2 is 1.70 bits per heavy atom. The molecule has 116 valence electrons. The molecule has 6 rings (SSSR count). The second-order valence-corrected chi connectivity index (χ2v) is 6.61. The molecule has 0 N–H and O–H groups in total. The second kappa shape index (κ2) is 4.54. The number of hydrogen-bond acceptors (Lipinski definition) is 3. The maximum Gasteiger partial charge on any atom is 0.228 e. The van der Waals surface area contributed by atoms with Gasteiger partial charge in [-0.1, -0.05) is 54.6 Å². The lowest BCUT2D eigenvalue weighted by Gasteiger charge is -2.56. The molecule has 3 nitrogen and oxygen atoms in total. The maximum atomic E-state index is 6.46. The lowest BCUT2D eigenvalue weighted by atomic mass is 9.72. The Balaban J connectivity index is 1.63. The van der Waals surface area contributed by atoms with Gasteiger partial charge in [0.2, 0.25) is 5.79 Å². The molecule has 3 aliphatic heterocycles. The summed E-state index contributed by atoms with van der Waals surface area (Å²) in [6, 6.07) is 18.5. The van der Waals surface area contributed by atoms with Crippen LogP contribution >= 0.6 is 0 Å². The quantitative estimate of drug-likeness (QED) is 0.736. The Hall–Kier alpha value is -1.94. The average molecular weight is 306 g/mol. The molecule has 3 heterocycles. The maximum absolute atomic E-state index is 6.46. The smallest absolute Gasteiger partial charge is 0.228 e. The molecule has 0 aromatic heterocycles. The molecule has 2 aromatic rings. The topological polar surface area (TPSA) is 27.7 Å². The molecule has 4 aliphatic rings. The fourth-order valence-corrected chi connectivity index (χ4v) is 4.11. The molecule has 2 bridgehead atoms. The number of hydrogen-bond donors (Lipinski definition) is 0. The van der Waals surface area contributed by atoms with E-state index in [0.717, 1.165) is 18.4 Å². The van der Waals surface area contributed by atoms with Gasteiger partial charge in [-0.05, 0) is 36.1 Å². The van der Waals surface area contributed by atoms with E-state index in [2.05, 4.69) is 37.3 Å². The van der Waals surface area contributed by atoms with Crippen molar-refractivity contribution in [2.75, 3.05) is 0 Å². The summed E-state index contributed by atoms with van der Waals surface area (Å²) < 4.78 is 6.46. The normalized spacial score (nSPS) is 34.5. The van der Waals surface area contributed by atoms with Crippen LogP contribution in [0.3, 0.4) is 0 Å². The lowest BCUT2D eigenvalue weighted by molar-refractivity contribution is -0.564. The highest BCUT2D eigenvalue weighted by molar-refractivity contribution is 5.71. The van der Waals surface area contributed by atoms with Crippen LogP contribution in [0.4, 0.5) is 0 Å². The van der Waals surface area contributed by atoms with Crippen LogP contribution in [0.2, 0.25) is 0 Å². The average Bonchev–Trinajstić information content (AvgIpc) is 2.63. The van der Waals surface area contributed by atoms with Crippen LogP contribution in [-0.2, 0) is 25.9 Å². The Morgan fingerprint density at radius 3 is 2.48 bits per heavy atom. The minimum Gasteiger partial charge on any atom is -0.333 e. The second-order valence-electron chi connectivity index (χ2n) is 6.61. The molecule has 3 atom stereocenters. The Bertz CT molecular complexity index is 786. The summed E-state index contributed by atoms with van der Waals surface area (Å²) in [5.41, 5.74) is 4.12. The standard InChI is InChI=1S/C20H18O3/c1-14-13-18-19(17-10-6-5-9-16(14)17)11-12-20(21-18,23-22-19)15-7-3-2-4-8-15/h2-10,13,18H,11-12H2,1H3/t18-,19-,20+/m0/s1. The number of allylic oxidation sites excluding steroid dienone is 1. The molecule has 3 heteroatoms.